The average Bonchev–Trinajstić information content (AvgIpc) is 2.43. The molecule has 3 nitrogen and oxygen atoms in total. The standard InChI is InChI=1S/C16H22ClNO2/c1-2-3-4-5-6-7-8-16(18(19)20)13-14-9-11-15(17)12-10-14/h9-13H,2-8H2,1H3/b16-13+. The van der Waals surface area contributed by atoms with Gasteiger partial charge in [0.1, 0.15) is 0 Å². The number of halogens is 1. The average molecular weight is 296 g/mol. The number of nitro groups is 1. The van der Waals surface area contributed by atoms with Gasteiger partial charge in [-0.15, -0.1) is 0 Å². The van der Waals surface area contributed by atoms with E-state index in [4.69, 9.17) is 11.6 Å². The fraction of sp³-hybridized carbons (Fsp3) is 0.500. The molecule has 20 heavy (non-hydrogen) atoms. The Kier molecular flexibility index (Phi) is 7.97. The molecule has 0 fully saturated rings. The third-order valence-electron chi connectivity index (χ3n) is 3.22. The zero-order chi connectivity index (χ0) is 14.8. The van der Waals surface area contributed by atoms with Crippen LogP contribution in [0.2, 0.25) is 5.02 Å². The number of benzene rings is 1. The van der Waals surface area contributed by atoms with Crippen molar-refractivity contribution in [1.82, 2.24) is 0 Å². The van der Waals surface area contributed by atoms with Crippen LogP contribution in [0.5, 0.6) is 0 Å². The first-order valence-electron chi connectivity index (χ1n) is 7.24. The molecule has 0 heterocycles. The van der Waals surface area contributed by atoms with Crippen LogP contribution in [0.3, 0.4) is 0 Å². The van der Waals surface area contributed by atoms with Crippen LogP contribution in [0, 0.1) is 10.1 Å². The van der Waals surface area contributed by atoms with Crippen LogP contribution in [0.15, 0.2) is 30.0 Å². The molecule has 0 atom stereocenters. The molecule has 1 rings (SSSR count). The van der Waals surface area contributed by atoms with Gasteiger partial charge in [0, 0.05) is 17.5 Å². The molecule has 4 heteroatoms. The summed E-state index contributed by atoms with van der Waals surface area (Å²) < 4.78 is 0. The lowest BCUT2D eigenvalue weighted by atomic mass is 10.1. The molecule has 0 spiro atoms. The Morgan fingerprint density at radius 1 is 1.15 bits per heavy atom. The largest absolute Gasteiger partial charge is 0.259 e. The molecular weight excluding hydrogens is 274 g/mol. The van der Waals surface area contributed by atoms with Crippen molar-refractivity contribution in [3.8, 4) is 0 Å². The Hall–Kier alpha value is -1.35. The van der Waals surface area contributed by atoms with Gasteiger partial charge in [-0.1, -0.05) is 62.8 Å². The van der Waals surface area contributed by atoms with Gasteiger partial charge in [0.2, 0.25) is 5.70 Å². The molecule has 0 aromatic heterocycles. The first-order valence-corrected chi connectivity index (χ1v) is 7.62. The van der Waals surface area contributed by atoms with Gasteiger partial charge in [-0.25, -0.2) is 0 Å². The summed E-state index contributed by atoms with van der Waals surface area (Å²) in [6.07, 6.45) is 8.98. The second kappa shape index (κ2) is 9.54. The van der Waals surface area contributed by atoms with Gasteiger partial charge in [-0.05, 0) is 24.1 Å². The zero-order valence-electron chi connectivity index (χ0n) is 12.0. The second-order valence-corrected chi connectivity index (χ2v) is 5.40. The van der Waals surface area contributed by atoms with Gasteiger partial charge in [-0.2, -0.15) is 0 Å². The highest BCUT2D eigenvalue weighted by atomic mass is 35.5. The van der Waals surface area contributed by atoms with Crippen LogP contribution in [0.4, 0.5) is 0 Å². The van der Waals surface area contributed by atoms with Crippen molar-refractivity contribution in [3.05, 3.63) is 50.7 Å². The molecule has 0 aliphatic heterocycles. The summed E-state index contributed by atoms with van der Waals surface area (Å²) in [5.74, 6) is 0. The van der Waals surface area contributed by atoms with Gasteiger partial charge in [-0.3, -0.25) is 10.1 Å². The first kappa shape index (κ1) is 16.7. The summed E-state index contributed by atoms with van der Waals surface area (Å²) in [5, 5.41) is 11.7. The normalized spacial score (nSPS) is 11.6. The molecular formula is C16H22ClNO2. The van der Waals surface area contributed by atoms with E-state index in [1.165, 1.54) is 25.7 Å². The maximum atomic E-state index is 11.0. The predicted molar refractivity (Wildman–Crippen MR) is 84.4 cm³/mol. The van der Waals surface area contributed by atoms with Crippen LogP contribution in [-0.4, -0.2) is 4.92 Å². The lowest BCUT2D eigenvalue weighted by Crippen LogP contribution is -1.98. The van der Waals surface area contributed by atoms with E-state index < -0.39 is 0 Å². The second-order valence-electron chi connectivity index (χ2n) is 4.96. The third-order valence-corrected chi connectivity index (χ3v) is 3.48. The molecule has 0 saturated carbocycles. The van der Waals surface area contributed by atoms with Gasteiger partial charge in [0.05, 0.1) is 4.92 Å². The van der Waals surface area contributed by atoms with Crippen molar-refractivity contribution in [1.29, 1.82) is 0 Å². The summed E-state index contributed by atoms with van der Waals surface area (Å²) in [6.45, 7) is 2.18. The van der Waals surface area contributed by atoms with E-state index >= 15 is 0 Å². The number of nitrogens with zero attached hydrogens (tertiary/aromatic N) is 1. The zero-order valence-corrected chi connectivity index (χ0v) is 12.7. The Bertz CT molecular complexity index is 440. The fourth-order valence-corrected chi connectivity index (χ4v) is 2.18. The highest BCUT2D eigenvalue weighted by Gasteiger charge is 2.10. The van der Waals surface area contributed by atoms with E-state index in [1.54, 1.807) is 30.3 Å². The van der Waals surface area contributed by atoms with Crippen molar-refractivity contribution in [3.63, 3.8) is 0 Å². The fourth-order valence-electron chi connectivity index (χ4n) is 2.05. The van der Waals surface area contributed by atoms with Crippen molar-refractivity contribution >= 4 is 17.7 Å². The lowest BCUT2D eigenvalue weighted by molar-refractivity contribution is -0.426. The molecule has 0 aliphatic rings. The Labute approximate surface area is 125 Å². The highest BCUT2D eigenvalue weighted by molar-refractivity contribution is 6.30. The van der Waals surface area contributed by atoms with E-state index in [2.05, 4.69) is 6.92 Å². The minimum Gasteiger partial charge on any atom is -0.259 e. The molecule has 110 valence electrons. The molecule has 1 aromatic rings. The number of hydrogen-bond donors (Lipinski definition) is 0. The molecule has 0 N–H and O–H groups in total. The molecule has 0 radical (unpaired) electrons. The Morgan fingerprint density at radius 2 is 1.75 bits per heavy atom. The number of unbranched alkanes of at least 4 members (excludes halogenated alkanes) is 5. The third kappa shape index (κ3) is 6.71. The lowest BCUT2D eigenvalue weighted by Gasteiger charge is -2.01. The smallest absolute Gasteiger partial charge is 0.246 e. The molecule has 0 saturated heterocycles. The Balaban J connectivity index is 2.48. The van der Waals surface area contributed by atoms with Crippen LogP contribution in [-0.2, 0) is 0 Å². The summed E-state index contributed by atoms with van der Waals surface area (Å²) in [4.78, 5) is 10.8. The number of rotatable bonds is 9. The van der Waals surface area contributed by atoms with Gasteiger partial charge < -0.3 is 0 Å². The maximum Gasteiger partial charge on any atom is 0.246 e. The van der Waals surface area contributed by atoms with E-state index in [9.17, 15) is 10.1 Å². The van der Waals surface area contributed by atoms with Gasteiger partial charge >= 0.3 is 0 Å². The molecule has 0 aliphatic carbocycles. The topological polar surface area (TPSA) is 43.1 Å². The summed E-state index contributed by atoms with van der Waals surface area (Å²) in [6, 6.07) is 7.09. The summed E-state index contributed by atoms with van der Waals surface area (Å²) >= 11 is 5.80. The van der Waals surface area contributed by atoms with Gasteiger partial charge in [0.15, 0.2) is 0 Å². The van der Waals surface area contributed by atoms with Crippen LogP contribution in [0.25, 0.3) is 6.08 Å². The van der Waals surface area contributed by atoms with E-state index in [0.717, 1.165) is 18.4 Å². The SMILES string of the molecule is CCCCCCCC/C(=C\c1ccc(Cl)cc1)[N+](=O)[O-]. The molecule has 1 aromatic carbocycles. The summed E-state index contributed by atoms with van der Waals surface area (Å²) in [7, 11) is 0. The first-order chi connectivity index (χ1) is 9.63. The molecule has 0 bridgehead atoms. The monoisotopic (exact) mass is 295 g/mol. The van der Waals surface area contributed by atoms with E-state index in [1.807, 2.05) is 0 Å². The summed E-state index contributed by atoms with van der Waals surface area (Å²) in [5.41, 5.74) is 1.11. The van der Waals surface area contributed by atoms with Crippen molar-refractivity contribution in [2.45, 2.75) is 51.9 Å². The van der Waals surface area contributed by atoms with E-state index in [-0.39, 0.29) is 10.6 Å². The van der Waals surface area contributed by atoms with Crippen LogP contribution < -0.4 is 0 Å². The van der Waals surface area contributed by atoms with Gasteiger partial charge in [0.25, 0.3) is 0 Å². The van der Waals surface area contributed by atoms with Crippen molar-refractivity contribution < 1.29 is 4.92 Å². The predicted octanol–water partition coefficient (Wildman–Crippen LogP) is 5.71. The number of allylic oxidation sites excluding steroid dienone is 1. The molecule has 0 amide bonds. The maximum absolute atomic E-state index is 11.0. The van der Waals surface area contributed by atoms with Crippen LogP contribution >= 0.6 is 11.6 Å². The highest BCUT2D eigenvalue weighted by Crippen LogP contribution is 2.17. The van der Waals surface area contributed by atoms with Crippen LogP contribution in [0.1, 0.15) is 57.4 Å². The quantitative estimate of drug-likeness (QED) is 0.333. The van der Waals surface area contributed by atoms with Crippen molar-refractivity contribution in [2.75, 3.05) is 0 Å². The molecule has 0 unspecified atom stereocenters. The Morgan fingerprint density at radius 3 is 2.35 bits per heavy atom. The van der Waals surface area contributed by atoms with E-state index in [0.29, 0.717) is 11.4 Å². The number of hydrogen-bond acceptors (Lipinski definition) is 2. The minimum absolute atomic E-state index is 0.277. The minimum atomic E-state index is -0.277. The van der Waals surface area contributed by atoms with Crippen molar-refractivity contribution in [2.24, 2.45) is 0 Å².